The standard InChI is InChI=1S/C15H17F3N2/c1-2-3-4-8-19-13-7-9-20-14-10-11(15(16,17)18)5-6-12(13)14/h5-7,9-10H,2-4,8H2,1H3,(H,19,20). The quantitative estimate of drug-likeness (QED) is 0.792. The van der Waals surface area contributed by atoms with Crippen molar-refractivity contribution in [2.24, 2.45) is 0 Å². The van der Waals surface area contributed by atoms with Crippen LogP contribution in [0.2, 0.25) is 0 Å². The molecular weight excluding hydrogens is 265 g/mol. The molecule has 1 heterocycles. The lowest BCUT2D eigenvalue weighted by atomic mass is 10.1. The molecule has 20 heavy (non-hydrogen) atoms. The third-order valence-electron chi connectivity index (χ3n) is 3.17. The van der Waals surface area contributed by atoms with Crippen molar-refractivity contribution in [3.05, 3.63) is 36.0 Å². The van der Waals surface area contributed by atoms with Gasteiger partial charge in [0.1, 0.15) is 0 Å². The van der Waals surface area contributed by atoms with E-state index in [1.165, 1.54) is 12.3 Å². The van der Waals surface area contributed by atoms with Crippen LogP contribution in [0, 0.1) is 0 Å². The fourth-order valence-corrected chi connectivity index (χ4v) is 2.08. The first kappa shape index (κ1) is 14.6. The van der Waals surface area contributed by atoms with E-state index in [-0.39, 0.29) is 0 Å². The Kier molecular flexibility index (Phi) is 4.47. The Balaban J connectivity index is 2.24. The highest BCUT2D eigenvalue weighted by Gasteiger charge is 2.30. The molecule has 0 fully saturated rings. The molecule has 0 spiro atoms. The number of aromatic nitrogens is 1. The second-order valence-corrected chi connectivity index (χ2v) is 4.72. The minimum absolute atomic E-state index is 0.361. The van der Waals surface area contributed by atoms with Crippen LogP contribution in [0.15, 0.2) is 30.5 Å². The Hall–Kier alpha value is -1.78. The normalized spacial score (nSPS) is 11.8. The molecule has 0 unspecified atom stereocenters. The summed E-state index contributed by atoms with van der Waals surface area (Å²) in [7, 11) is 0. The van der Waals surface area contributed by atoms with Crippen molar-refractivity contribution < 1.29 is 13.2 Å². The van der Waals surface area contributed by atoms with E-state index >= 15 is 0 Å². The van der Waals surface area contributed by atoms with Gasteiger partial charge in [0.05, 0.1) is 11.1 Å². The number of hydrogen-bond donors (Lipinski definition) is 1. The van der Waals surface area contributed by atoms with E-state index in [1.807, 2.05) is 0 Å². The SMILES string of the molecule is CCCCCNc1ccnc2cc(C(F)(F)F)ccc12. The average molecular weight is 282 g/mol. The van der Waals surface area contributed by atoms with Gasteiger partial charge in [-0.3, -0.25) is 4.98 Å². The molecule has 5 heteroatoms. The molecule has 0 saturated carbocycles. The summed E-state index contributed by atoms with van der Waals surface area (Å²) < 4.78 is 38.0. The van der Waals surface area contributed by atoms with Gasteiger partial charge in [-0.1, -0.05) is 25.8 Å². The lowest BCUT2D eigenvalue weighted by Crippen LogP contribution is -2.05. The van der Waals surface area contributed by atoms with Gasteiger partial charge < -0.3 is 5.32 Å². The summed E-state index contributed by atoms with van der Waals surface area (Å²) >= 11 is 0. The summed E-state index contributed by atoms with van der Waals surface area (Å²) in [5, 5.41) is 3.98. The van der Waals surface area contributed by atoms with E-state index < -0.39 is 11.7 Å². The van der Waals surface area contributed by atoms with E-state index in [2.05, 4.69) is 17.2 Å². The summed E-state index contributed by atoms with van der Waals surface area (Å²) in [6.07, 6.45) is 0.508. The Morgan fingerprint density at radius 1 is 1.15 bits per heavy atom. The Morgan fingerprint density at radius 2 is 1.95 bits per heavy atom. The highest BCUT2D eigenvalue weighted by Crippen LogP contribution is 2.32. The van der Waals surface area contributed by atoms with Gasteiger partial charge in [0, 0.05) is 23.8 Å². The van der Waals surface area contributed by atoms with Crippen molar-refractivity contribution in [3.63, 3.8) is 0 Å². The van der Waals surface area contributed by atoms with E-state index in [9.17, 15) is 13.2 Å². The zero-order chi connectivity index (χ0) is 14.6. The van der Waals surface area contributed by atoms with Gasteiger partial charge in [-0.15, -0.1) is 0 Å². The van der Waals surface area contributed by atoms with E-state index in [0.29, 0.717) is 5.52 Å². The molecule has 0 bridgehead atoms. The Bertz CT molecular complexity index is 579. The third kappa shape index (κ3) is 3.40. The van der Waals surface area contributed by atoms with Gasteiger partial charge in [-0.2, -0.15) is 13.2 Å². The number of pyridine rings is 1. The van der Waals surface area contributed by atoms with Crippen molar-refractivity contribution >= 4 is 16.6 Å². The number of unbranched alkanes of at least 4 members (excludes halogenated alkanes) is 2. The van der Waals surface area contributed by atoms with Crippen LogP contribution in [-0.2, 0) is 6.18 Å². The lowest BCUT2D eigenvalue weighted by molar-refractivity contribution is -0.137. The summed E-state index contributed by atoms with van der Waals surface area (Å²) in [5.74, 6) is 0. The third-order valence-corrected chi connectivity index (χ3v) is 3.17. The molecule has 0 aliphatic heterocycles. The molecule has 1 aromatic heterocycles. The summed E-state index contributed by atoms with van der Waals surface area (Å²) in [6, 6.07) is 5.46. The van der Waals surface area contributed by atoms with Gasteiger partial charge in [-0.25, -0.2) is 0 Å². The van der Waals surface area contributed by atoms with Gasteiger partial charge in [0.2, 0.25) is 0 Å². The molecule has 2 nitrogen and oxygen atoms in total. The molecule has 0 saturated heterocycles. The smallest absolute Gasteiger partial charge is 0.384 e. The molecule has 2 aromatic rings. The maximum atomic E-state index is 12.7. The number of rotatable bonds is 5. The molecule has 0 radical (unpaired) electrons. The molecule has 0 aliphatic rings. The summed E-state index contributed by atoms with van der Waals surface area (Å²) in [4.78, 5) is 4.02. The van der Waals surface area contributed by atoms with Crippen LogP contribution in [-0.4, -0.2) is 11.5 Å². The van der Waals surface area contributed by atoms with Crippen LogP contribution in [0.4, 0.5) is 18.9 Å². The molecule has 1 N–H and O–H groups in total. The topological polar surface area (TPSA) is 24.9 Å². The number of nitrogens with one attached hydrogen (secondary N) is 1. The van der Waals surface area contributed by atoms with E-state index in [1.54, 1.807) is 6.07 Å². The molecule has 1 aromatic carbocycles. The highest BCUT2D eigenvalue weighted by molar-refractivity contribution is 5.91. The van der Waals surface area contributed by atoms with E-state index in [4.69, 9.17) is 0 Å². The molecule has 0 atom stereocenters. The molecular formula is C15H17F3N2. The van der Waals surface area contributed by atoms with Crippen LogP contribution in [0.5, 0.6) is 0 Å². The zero-order valence-electron chi connectivity index (χ0n) is 11.3. The number of hydrogen-bond acceptors (Lipinski definition) is 2. The maximum absolute atomic E-state index is 12.7. The Morgan fingerprint density at radius 3 is 2.65 bits per heavy atom. The number of alkyl halides is 3. The van der Waals surface area contributed by atoms with Gasteiger partial charge >= 0.3 is 6.18 Å². The van der Waals surface area contributed by atoms with E-state index in [0.717, 1.165) is 49.0 Å². The lowest BCUT2D eigenvalue weighted by Gasteiger charge is -2.11. The van der Waals surface area contributed by atoms with Crippen LogP contribution >= 0.6 is 0 Å². The number of fused-ring (bicyclic) bond motifs is 1. The van der Waals surface area contributed by atoms with Crippen molar-refractivity contribution in [1.82, 2.24) is 4.98 Å². The van der Waals surface area contributed by atoms with Crippen molar-refractivity contribution in [1.29, 1.82) is 0 Å². The minimum Gasteiger partial charge on any atom is -0.384 e. The summed E-state index contributed by atoms with van der Waals surface area (Å²) in [6.45, 7) is 2.94. The fourth-order valence-electron chi connectivity index (χ4n) is 2.08. The van der Waals surface area contributed by atoms with Crippen LogP contribution in [0.3, 0.4) is 0 Å². The van der Waals surface area contributed by atoms with Gasteiger partial charge in [-0.05, 0) is 24.6 Å². The van der Waals surface area contributed by atoms with Crippen LogP contribution in [0.1, 0.15) is 31.7 Å². The van der Waals surface area contributed by atoms with Crippen molar-refractivity contribution in [3.8, 4) is 0 Å². The van der Waals surface area contributed by atoms with Gasteiger partial charge in [0.15, 0.2) is 0 Å². The number of nitrogens with zero attached hydrogens (tertiary/aromatic N) is 1. The molecule has 0 aliphatic carbocycles. The molecule has 2 rings (SSSR count). The fraction of sp³-hybridized carbons (Fsp3) is 0.400. The van der Waals surface area contributed by atoms with Gasteiger partial charge in [0.25, 0.3) is 0 Å². The number of halogens is 3. The number of benzene rings is 1. The first-order valence-corrected chi connectivity index (χ1v) is 6.72. The minimum atomic E-state index is -4.33. The summed E-state index contributed by atoms with van der Waals surface area (Å²) in [5.41, 5.74) is 0.528. The number of anilines is 1. The Labute approximate surface area is 116 Å². The monoisotopic (exact) mass is 282 g/mol. The molecule has 108 valence electrons. The predicted octanol–water partition coefficient (Wildman–Crippen LogP) is 4.86. The average Bonchev–Trinajstić information content (AvgIpc) is 2.42. The van der Waals surface area contributed by atoms with Crippen LogP contribution in [0.25, 0.3) is 10.9 Å². The second-order valence-electron chi connectivity index (χ2n) is 4.72. The predicted molar refractivity (Wildman–Crippen MR) is 74.8 cm³/mol. The molecule has 0 amide bonds. The van der Waals surface area contributed by atoms with Crippen molar-refractivity contribution in [2.45, 2.75) is 32.4 Å². The maximum Gasteiger partial charge on any atom is 0.416 e. The van der Waals surface area contributed by atoms with Crippen molar-refractivity contribution in [2.75, 3.05) is 11.9 Å². The second kappa shape index (κ2) is 6.11. The first-order chi connectivity index (χ1) is 9.52. The largest absolute Gasteiger partial charge is 0.416 e. The first-order valence-electron chi connectivity index (χ1n) is 6.72. The highest BCUT2D eigenvalue weighted by atomic mass is 19.4. The zero-order valence-corrected chi connectivity index (χ0v) is 11.3. The van der Waals surface area contributed by atoms with Crippen LogP contribution < -0.4 is 5.32 Å².